The van der Waals surface area contributed by atoms with Crippen LogP contribution in [0.15, 0.2) is 48.5 Å². The maximum atomic E-state index is 12.3. The quantitative estimate of drug-likeness (QED) is 0.723. The lowest BCUT2D eigenvalue weighted by Gasteiger charge is -2.57. The highest BCUT2D eigenvalue weighted by Crippen LogP contribution is 2.42. The molecule has 2 aromatic rings. The molecule has 33 heavy (non-hydrogen) atoms. The molecule has 0 spiro atoms. The topological polar surface area (TPSA) is 81.2 Å². The van der Waals surface area contributed by atoms with Crippen molar-refractivity contribution in [2.75, 3.05) is 46.6 Å². The van der Waals surface area contributed by atoms with E-state index < -0.39 is 10.0 Å². The van der Waals surface area contributed by atoms with Gasteiger partial charge in [-0.05, 0) is 48.2 Å². The Bertz CT molecular complexity index is 1080. The number of carbonyl (C=O) groups is 1. The highest BCUT2D eigenvalue weighted by atomic mass is 32.2. The minimum absolute atomic E-state index is 0.0108. The van der Waals surface area contributed by atoms with E-state index in [9.17, 15) is 18.3 Å². The predicted molar refractivity (Wildman–Crippen MR) is 130 cm³/mol. The number of hydrogen-bond acceptors (Lipinski definition) is 5. The van der Waals surface area contributed by atoms with E-state index in [1.54, 1.807) is 23.3 Å². The van der Waals surface area contributed by atoms with Gasteiger partial charge >= 0.3 is 0 Å². The van der Waals surface area contributed by atoms with E-state index >= 15 is 0 Å². The number of aliphatic hydroxyl groups excluding tert-OH is 1. The van der Waals surface area contributed by atoms with Gasteiger partial charge in [0, 0.05) is 50.7 Å². The molecule has 0 aliphatic carbocycles. The fourth-order valence-corrected chi connectivity index (χ4v) is 6.06. The van der Waals surface area contributed by atoms with Gasteiger partial charge in [-0.15, -0.1) is 0 Å². The van der Waals surface area contributed by atoms with Crippen LogP contribution in [0.3, 0.4) is 0 Å². The Labute approximate surface area is 196 Å². The van der Waals surface area contributed by atoms with Crippen LogP contribution in [0.5, 0.6) is 0 Å². The number of fused-ring (bicyclic) bond motifs is 1. The van der Waals surface area contributed by atoms with Gasteiger partial charge in [-0.2, -0.15) is 0 Å². The molecule has 0 aromatic heterocycles. The fourth-order valence-electron chi connectivity index (χ4n) is 5.17. The third-order valence-electron chi connectivity index (χ3n) is 6.97. The van der Waals surface area contributed by atoms with Gasteiger partial charge in [0.05, 0.1) is 12.9 Å². The number of amides is 1. The number of hydrogen-bond donors (Lipinski definition) is 1. The molecule has 2 aliphatic rings. The molecule has 0 bridgehead atoms. The second-order valence-electron chi connectivity index (χ2n) is 9.31. The molecule has 2 aromatic carbocycles. The van der Waals surface area contributed by atoms with Crippen molar-refractivity contribution in [1.29, 1.82) is 0 Å². The molecule has 0 radical (unpaired) electrons. The second kappa shape index (κ2) is 9.54. The second-order valence-corrected chi connectivity index (χ2v) is 11.3. The van der Waals surface area contributed by atoms with E-state index in [-0.39, 0.29) is 30.5 Å². The van der Waals surface area contributed by atoms with Gasteiger partial charge in [0.15, 0.2) is 0 Å². The smallest absolute Gasteiger partial charge is 0.253 e. The Balaban J connectivity index is 1.55. The fraction of sp³-hybridized carbons (Fsp3) is 0.480. The van der Waals surface area contributed by atoms with Crippen molar-refractivity contribution >= 4 is 15.9 Å². The summed E-state index contributed by atoms with van der Waals surface area (Å²) in [6, 6.07) is 16.0. The van der Waals surface area contributed by atoms with Gasteiger partial charge in [0.2, 0.25) is 10.0 Å². The Morgan fingerprint density at radius 1 is 1.00 bits per heavy atom. The molecule has 0 saturated carbocycles. The van der Waals surface area contributed by atoms with E-state index in [0.717, 1.165) is 36.1 Å². The Morgan fingerprint density at radius 2 is 1.58 bits per heavy atom. The molecule has 1 amide bonds. The summed E-state index contributed by atoms with van der Waals surface area (Å²) in [5, 5.41) is 10.1. The zero-order chi connectivity index (χ0) is 23.8. The first-order valence-electron chi connectivity index (χ1n) is 11.4. The van der Waals surface area contributed by atoms with Crippen molar-refractivity contribution in [3.63, 3.8) is 0 Å². The van der Waals surface area contributed by atoms with Crippen LogP contribution in [0, 0.1) is 0 Å². The molecule has 4 rings (SSSR count). The molecular formula is C25H33N3O4S. The van der Waals surface area contributed by atoms with E-state index in [1.807, 2.05) is 24.3 Å². The highest BCUT2D eigenvalue weighted by molar-refractivity contribution is 7.88. The van der Waals surface area contributed by atoms with Crippen LogP contribution in [0.25, 0.3) is 11.1 Å². The van der Waals surface area contributed by atoms with Crippen LogP contribution < -0.4 is 0 Å². The van der Waals surface area contributed by atoms with Crippen molar-refractivity contribution in [3.8, 4) is 11.1 Å². The maximum Gasteiger partial charge on any atom is 0.253 e. The molecule has 2 aliphatic heterocycles. The maximum absolute atomic E-state index is 12.3. The summed E-state index contributed by atoms with van der Waals surface area (Å²) in [7, 11) is 0.216. The monoisotopic (exact) mass is 471 g/mol. The number of nitrogens with zero attached hydrogens (tertiary/aromatic N) is 3. The van der Waals surface area contributed by atoms with Crippen molar-refractivity contribution in [1.82, 2.24) is 14.1 Å². The summed E-state index contributed by atoms with van der Waals surface area (Å²) in [6.07, 6.45) is 3.05. The van der Waals surface area contributed by atoms with Crippen LogP contribution in [-0.2, 0) is 10.0 Å². The van der Waals surface area contributed by atoms with E-state index in [2.05, 4.69) is 29.2 Å². The summed E-state index contributed by atoms with van der Waals surface area (Å²) in [4.78, 5) is 16.0. The van der Waals surface area contributed by atoms with Crippen LogP contribution in [0.2, 0.25) is 0 Å². The lowest BCUT2D eigenvalue weighted by atomic mass is 9.74. The van der Waals surface area contributed by atoms with Gasteiger partial charge in [0.25, 0.3) is 5.91 Å². The molecule has 1 N–H and O–H groups in total. The number of benzene rings is 2. The minimum Gasteiger partial charge on any atom is -0.395 e. The molecular weight excluding hydrogens is 438 g/mol. The zero-order valence-electron chi connectivity index (χ0n) is 19.5. The Morgan fingerprint density at radius 3 is 2.12 bits per heavy atom. The highest BCUT2D eigenvalue weighted by Gasteiger charge is 2.49. The molecule has 7 nitrogen and oxygen atoms in total. The average Bonchev–Trinajstić information content (AvgIpc) is 2.77. The van der Waals surface area contributed by atoms with Crippen molar-refractivity contribution in [3.05, 3.63) is 59.7 Å². The molecule has 178 valence electrons. The molecule has 2 saturated heterocycles. The van der Waals surface area contributed by atoms with E-state index in [0.29, 0.717) is 18.7 Å². The Kier molecular flexibility index (Phi) is 6.91. The van der Waals surface area contributed by atoms with Crippen molar-refractivity contribution in [2.24, 2.45) is 0 Å². The van der Waals surface area contributed by atoms with Crippen molar-refractivity contribution < 1.29 is 18.3 Å². The number of aliphatic hydroxyl groups is 1. The van der Waals surface area contributed by atoms with Gasteiger partial charge in [-0.1, -0.05) is 36.4 Å². The Hall–Kier alpha value is -2.26. The molecule has 2 heterocycles. The minimum atomic E-state index is -3.26. The first-order chi connectivity index (χ1) is 15.7. The zero-order valence-corrected chi connectivity index (χ0v) is 20.3. The first kappa shape index (κ1) is 23.9. The number of sulfonamides is 1. The SMILES string of the molecule is CN(C)C(=O)c1ccc(-c2ccc([C@H]3[C@H]4CN(S(C)(=O)=O)CCCCN4[C@H]3CO)cc2)cc1. The van der Waals surface area contributed by atoms with Crippen LogP contribution in [-0.4, -0.2) is 92.2 Å². The summed E-state index contributed by atoms with van der Waals surface area (Å²) < 4.78 is 26.1. The van der Waals surface area contributed by atoms with Crippen LogP contribution in [0.4, 0.5) is 0 Å². The third kappa shape index (κ3) is 4.84. The van der Waals surface area contributed by atoms with Crippen LogP contribution >= 0.6 is 0 Å². The summed E-state index contributed by atoms with van der Waals surface area (Å²) in [5.41, 5.74) is 3.85. The van der Waals surface area contributed by atoms with Crippen LogP contribution in [0.1, 0.15) is 34.7 Å². The lowest BCUT2D eigenvalue weighted by Crippen LogP contribution is -2.67. The molecule has 0 unspecified atom stereocenters. The first-order valence-corrected chi connectivity index (χ1v) is 13.3. The largest absolute Gasteiger partial charge is 0.395 e. The number of carbonyl (C=O) groups excluding carboxylic acids is 1. The summed E-state index contributed by atoms with van der Waals surface area (Å²) >= 11 is 0. The standard InChI is InChI=1S/C25H33N3O4S/c1-26(2)25(30)21-12-8-19(9-13-21)18-6-10-20(11-7-18)24-22-16-27(33(3,31)32)14-4-5-15-28(22)23(24)17-29/h6-13,22-24,29H,4-5,14-17H2,1-3H3/t22-,23+,24+/m1/s1. The normalized spacial score (nSPS) is 24.3. The van der Waals surface area contributed by atoms with Gasteiger partial charge < -0.3 is 10.0 Å². The summed E-state index contributed by atoms with van der Waals surface area (Å²) in [5.74, 6) is 0.0651. The average molecular weight is 472 g/mol. The summed E-state index contributed by atoms with van der Waals surface area (Å²) in [6.45, 7) is 1.97. The van der Waals surface area contributed by atoms with Gasteiger partial charge in [0.1, 0.15) is 0 Å². The molecule has 2 fully saturated rings. The lowest BCUT2D eigenvalue weighted by molar-refractivity contribution is -0.0553. The molecule has 8 heteroatoms. The van der Waals surface area contributed by atoms with E-state index in [4.69, 9.17) is 0 Å². The molecule has 3 atom stereocenters. The predicted octanol–water partition coefficient (Wildman–Crippen LogP) is 2.24. The third-order valence-corrected chi connectivity index (χ3v) is 8.24. The number of rotatable bonds is 5. The van der Waals surface area contributed by atoms with Gasteiger partial charge in [-0.25, -0.2) is 12.7 Å². The van der Waals surface area contributed by atoms with E-state index in [1.165, 1.54) is 6.26 Å². The van der Waals surface area contributed by atoms with Crippen molar-refractivity contribution in [2.45, 2.75) is 30.8 Å². The van der Waals surface area contributed by atoms with Gasteiger partial charge in [-0.3, -0.25) is 9.69 Å².